The van der Waals surface area contributed by atoms with Crippen molar-refractivity contribution in [2.24, 2.45) is 0 Å². The Balaban J connectivity index is 2.01. The minimum atomic E-state index is -0.482. The topological polar surface area (TPSA) is 78.6 Å². The third-order valence-electron chi connectivity index (χ3n) is 3.09. The van der Waals surface area contributed by atoms with Gasteiger partial charge in [0, 0.05) is 11.4 Å². The van der Waals surface area contributed by atoms with Crippen LogP contribution in [0.1, 0.15) is 21.7 Å². The number of methoxy groups -OCH3 is 1. The summed E-state index contributed by atoms with van der Waals surface area (Å²) in [4.78, 5) is 20.2. The minimum Gasteiger partial charge on any atom is -0.465 e. The Bertz CT molecular complexity index is 857. The lowest BCUT2D eigenvalue weighted by Crippen LogP contribution is -2.03. The predicted molar refractivity (Wildman–Crippen MR) is 78.1 cm³/mol. The van der Waals surface area contributed by atoms with E-state index in [0.717, 1.165) is 11.4 Å². The minimum absolute atomic E-state index is 0.123. The molecule has 0 N–H and O–H groups in total. The summed E-state index contributed by atoms with van der Waals surface area (Å²) >= 11 is 0. The summed E-state index contributed by atoms with van der Waals surface area (Å²) < 4.78 is 11.9. The van der Waals surface area contributed by atoms with E-state index in [4.69, 9.17) is 9.47 Å². The molecular weight excluding hydrogens is 284 g/mol. The maximum atomic E-state index is 11.7. The first-order valence-corrected chi connectivity index (χ1v) is 6.64. The van der Waals surface area contributed by atoms with Crippen molar-refractivity contribution in [2.75, 3.05) is 7.11 Å². The second-order valence-electron chi connectivity index (χ2n) is 4.73. The van der Waals surface area contributed by atoms with Crippen molar-refractivity contribution in [1.82, 2.24) is 19.6 Å². The molecule has 0 unspecified atom stereocenters. The Kier molecular flexibility index (Phi) is 3.46. The van der Waals surface area contributed by atoms with Gasteiger partial charge in [0.2, 0.25) is 0 Å². The number of ether oxygens (including phenoxy) is 2. The fourth-order valence-corrected chi connectivity index (χ4v) is 2.12. The Labute approximate surface area is 126 Å². The third-order valence-corrected chi connectivity index (χ3v) is 3.09. The van der Waals surface area contributed by atoms with E-state index in [2.05, 4.69) is 15.1 Å². The summed E-state index contributed by atoms with van der Waals surface area (Å²) in [7, 11) is 1.32. The number of carbonyl (C=O) groups excluding carboxylic acids is 1. The number of hydrogen-bond donors (Lipinski definition) is 0. The first-order chi connectivity index (χ1) is 10.6. The van der Waals surface area contributed by atoms with Gasteiger partial charge < -0.3 is 9.47 Å². The summed E-state index contributed by atoms with van der Waals surface area (Å²) in [6.07, 6.45) is 0. The molecular formula is C15H14N4O3. The van der Waals surface area contributed by atoms with Crippen LogP contribution in [-0.2, 0) is 4.74 Å². The first-order valence-electron chi connectivity index (χ1n) is 6.64. The van der Waals surface area contributed by atoms with Crippen LogP contribution in [0.2, 0.25) is 0 Å². The molecule has 0 saturated heterocycles. The zero-order valence-corrected chi connectivity index (χ0v) is 12.4. The lowest BCUT2D eigenvalue weighted by atomic mass is 10.2. The van der Waals surface area contributed by atoms with Crippen LogP contribution in [-0.4, -0.2) is 32.7 Å². The molecule has 0 saturated carbocycles. The molecule has 0 aliphatic carbocycles. The average Bonchev–Trinajstić information content (AvgIpc) is 2.89. The number of carbonyl (C=O) groups is 1. The maximum Gasteiger partial charge on any atom is 0.343 e. The summed E-state index contributed by atoms with van der Waals surface area (Å²) in [5.74, 6) is 0.298. The van der Waals surface area contributed by atoms with E-state index >= 15 is 0 Å². The van der Waals surface area contributed by atoms with E-state index < -0.39 is 5.97 Å². The second-order valence-corrected chi connectivity index (χ2v) is 4.73. The van der Waals surface area contributed by atoms with Gasteiger partial charge in [0.25, 0.3) is 5.78 Å². The zero-order valence-electron chi connectivity index (χ0n) is 12.4. The number of nitrogens with zero attached hydrogens (tertiary/aromatic N) is 4. The third kappa shape index (κ3) is 2.48. The molecule has 0 spiro atoms. The molecule has 3 aromatic rings. The van der Waals surface area contributed by atoms with Gasteiger partial charge in [-0.3, -0.25) is 0 Å². The van der Waals surface area contributed by atoms with Crippen molar-refractivity contribution < 1.29 is 14.3 Å². The highest BCUT2D eigenvalue weighted by molar-refractivity contribution is 5.92. The van der Waals surface area contributed by atoms with Gasteiger partial charge >= 0.3 is 12.0 Å². The van der Waals surface area contributed by atoms with Crippen LogP contribution >= 0.6 is 0 Å². The van der Waals surface area contributed by atoms with Gasteiger partial charge in [-0.1, -0.05) is 12.1 Å². The van der Waals surface area contributed by atoms with Gasteiger partial charge in [-0.05, 0) is 32.0 Å². The SMILES string of the molecule is COC(=O)c1ccccc1Oc1nc2nc(C)cc(C)n2n1. The lowest BCUT2D eigenvalue weighted by Gasteiger charge is -2.06. The number of esters is 1. The lowest BCUT2D eigenvalue weighted by molar-refractivity contribution is 0.0597. The molecule has 0 bridgehead atoms. The highest BCUT2D eigenvalue weighted by Crippen LogP contribution is 2.24. The molecule has 2 aromatic heterocycles. The van der Waals surface area contributed by atoms with E-state index in [1.54, 1.807) is 28.8 Å². The number of fused-ring (bicyclic) bond motifs is 1. The summed E-state index contributed by atoms with van der Waals surface area (Å²) in [6, 6.07) is 8.77. The smallest absolute Gasteiger partial charge is 0.343 e. The fourth-order valence-electron chi connectivity index (χ4n) is 2.12. The van der Waals surface area contributed by atoms with Crippen LogP contribution < -0.4 is 4.74 Å². The molecule has 0 radical (unpaired) electrons. The second kappa shape index (κ2) is 5.44. The maximum absolute atomic E-state index is 11.7. The van der Waals surface area contributed by atoms with Crippen LogP contribution in [0.4, 0.5) is 0 Å². The van der Waals surface area contributed by atoms with E-state index in [1.165, 1.54) is 7.11 Å². The summed E-state index contributed by atoms with van der Waals surface area (Å²) in [6.45, 7) is 3.79. The first kappa shape index (κ1) is 14.0. The van der Waals surface area contributed by atoms with Gasteiger partial charge in [-0.2, -0.15) is 9.50 Å². The summed E-state index contributed by atoms with van der Waals surface area (Å²) in [5, 5.41) is 4.24. The van der Waals surface area contributed by atoms with E-state index in [1.807, 2.05) is 19.9 Å². The Morgan fingerprint density at radius 3 is 2.73 bits per heavy atom. The van der Waals surface area contributed by atoms with Crippen molar-refractivity contribution in [3.05, 3.63) is 47.3 Å². The van der Waals surface area contributed by atoms with Crippen molar-refractivity contribution in [3.63, 3.8) is 0 Å². The number of aromatic nitrogens is 4. The normalized spacial score (nSPS) is 10.7. The largest absolute Gasteiger partial charge is 0.465 e. The van der Waals surface area contributed by atoms with Crippen LogP contribution in [0.25, 0.3) is 5.78 Å². The Morgan fingerprint density at radius 1 is 1.18 bits per heavy atom. The quantitative estimate of drug-likeness (QED) is 0.690. The molecule has 2 heterocycles. The predicted octanol–water partition coefficient (Wildman–Crippen LogP) is 2.32. The van der Waals surface area contributed by atoms with Gasteiger partial charge in [-0.15, -0.1) is 5.10 Å². The number of aryl methyl sites for hydroxylation is 2. The van der Waals surface area contributed by atoms with Crippen LogP contribution in [0.3, 0.4) is 0 Å². The van der Waals surface area contributed by atoms with Crippen LogP contribution in [0.5, 0.6) is 11.8 Å². The molecule has 22 heavy (non-hydrogen) atoms. The van der Waals surface area contributed by atoms with Gasteiger partial charge in [0.05, 0.1) is 7.11 Å². The van der Waals surface area contributed by atoms with Crippen molar-refractivity contribution in [1.29, 1.82) is 0 Å². The van der Waals surface area contributed by atoms with Gasteiger partial charge in [0.15, 0.2) is 0 Å². The number of rotatable bonds is 3. The highest BCUT2D eigenvalue weighted by atomic mass is 16.5. The van der Waals surface area contributed by atoms with E-state index in [0.29, 0.717) is 17.1 Å². The summed E-state index contributed by atoms with van der Waals surface area (Å²) in [5.41, 5.74) is 2.05. The molecule has 112 valence electrons. The molecule has 0 fully saturated rings. The fraction of sp³-hybridized carbons (Fsp3) is 0.200. The molecule has 0 atom stereocenters. The van der Waals surface area contributed by atoms with Gasteiger partial charge in [-0.25, -0.2) is 9.78 Å². The number of benzene rings is 1. The Hall–Kier alpha value is -2.96. The number of hydrogen-bond acceptors (Lipinski definition) is 6. The van der Waals surface area contributed by atoms with E-state index in [9.17, 15) is 4.79 Å². The molecule has 3 rings (SSSR count). The monoisotopic (exact) mass is 298 g/mol. The molecule has 0 aliphatic heterocycles. The molecule has 7 heteroatoms. The van der Waals surface area contributed by atoms with E-state index in [-0.39, 0.29) is 6.01 Å². The van der Waals surface area contributed by atoms with Crippen molar-refractivity contribution in [2.45, 2.75) is 13.8 Å². The molecule has 1 aromatic carbocycles. The molecule has 7 nitrogen and oxygen atoms in total. The van der Waals surface area contributed by atoms with Crippen molar-refractivity contribution >= 4 is 11.7 Å². The molecule has 0 amide bonds. The standard InChI is InChI=1S/C15H14N4O3/c1-9-8-10(2)19-14(16-9)17-15(18-19)22-12-7-5-4-6-11(12)13(20)21-3/h4-8H,1-3H3. The Morgan fingerprint density at radius 2 is 1.95 bits per heavy atom. The highest BCUT2D eigenvalue weighted by Gasteiger charge is 2.15. The van der Waals surface area contributed by atoms with Gasteiger partial charge in [0.1, 0.15) is 11.3 Å². The average molecular weight is 298 g/mol. The molecule has 0 aliphatic rings. The zero-order chi connectivity index (χ0) is 15.7. The number of para-hydroxylation sites is 1. The van der Waals surface area contributed by atoms with Crippen LogP contribution in [0.15, 0.2) is 30.3 Å². The van der Waals surface area contributed by atoms with Crippen molar-refractivity contribution in [3.8, 4) is 11.8 Å². The van der Waals surface area contributed by atoms with Crippen LogP contribution in [0, 0.1) is 13.8 Å².